The summed E-state index contributed by atoms with van der Waals surface area (Å²) in [6.07, 6.45) is 2.28. The molecule has 0 bridgehead atoms. The van der Waals surface area contributed by atoms with Crippen LogP contribution in [0.1, 0.15) is 5.56 Å². The molecule has 2 N–H and O–H groups in total. The third-order valence-corrected chi connectivity index (χ3v) is 3.42. The van der Waals surface area contributed by atoms with Crippen molar-refractivity contribution in [3.63, 3.8) is 0 Å². The van der Waals surface area contributed by atoms with Crippen LogP contribution < -0.4 is 15.4 Å². The number of halogens is 2. The van der Waals surface area contributed by atoms with Crippen molar-refractivity contribution < 1.29 is 18.7 Å². The normalized spacial score (nSPS) is 14.0. The Hall–Kier alpha value is -2.91. The standard InChI is InChI=1S/C15H8ClFN4O3S/c16-14-18-6-10(17)13(21-14)24-8-3-1-7(2-4-8)5-9-11(22)19-15(25)20-12(9)23/h1-6H,(H2,19,20,22,23,25). The van der Waals surface area contributed by atoms with Crippen LogP contribution >= 0.6 is 23.8 Å². The van der Waals surface area contributed by atoms with E-state index in [1.807, 2.05) is 0 Å². The van der Waals surface area contributed by atoms with Crippen LogP contribution in [0.3, 0.4) is 0 Å². The monoisotopic (exact) mass is 378 g/mol. The van der Waals surface area contributed by atoms with E-state index in [4.69, 9.17) is 28.6 Å². The number of carbonyl (C=O) groups excluding carboxylic acids is 2. The van der Waals surface area contributed by atoms with Crippen LogP contribution in [0.15, 0.2) is 36.0 Å². The molecule has 7 nitrogen and oxygen atoms in total. The lowest BCUT2D eigenvalue weighted by Crippen LogP contribution is -2.51. The quantitative estimate of drug-likeness (QED) is 0.367. The molecule has 3 rings (SSSR count). The first-order valence-electron chi connectivity index (χ1n) is 6.76. The maximum atomic E-state index is 13.5. The van der Waals surface area contributed by atoms with Gasteiger partial charge in [-0.25, -0.2) is 4.98 Å². The number of amides is 2. The summed E-state index contributed by atoms with van der Waals surface area (Å²) < 4.78 is 18.8. The minimum atomic E-state index is -0.762. The molecule has 1 aliphatic rings. The highest BCUT2D eigenvalue weighted by Gasteiger charge is 2.25. The van der Waals surface area contributed by atoms with Gasteiger partial charge in [0.1, 0.15) is 11.3 Å². The molecule has 1 fully saturated rings. The molecule has 1 aromatic carbocycles. The molecule has 0 spiro atoms. The SMILES string of the molecule is O=C1NC(=S)NC(=O)C1=Cc1ccc(Oc2nc(Cl)ncc2F)cc1. The first-order chi connectivity index (χ1) is 11.9. The minimum absolute atomic E-state index is 0.0403. The zero-order valence-electron chi connectivity index (χ0n) is 12.2. The first-order valence-corrected chi connectivity index (χ1v) is 7.55. The molecule has 0 atom stereocenters. The van der Waals surface area contributed by atoms with Gasteiger partial charge >= 0.3 is 0 Å². The van der Waals surface area contributed by atoms with Crippen LogP contribution in [0.25, 0.3) is 6.08 Å². The lowest BCUT2D eigenvalue weighted by Gasteiger charge is -2.16. The number of hydrogen-bond acceptors (Lipinski definition) is 6. The topological polar surface area (TPSA) is 93.2 Å². The highest BCUT2D eigenvalue weighted by molar-refractivity contribution is 7.80. The number of nitrogens with one attached hydrogen (secondary N) is 2. The van der Waals surface area contributed by atoms with Crippen molar-refractivity contribution >= 4 is 46.8 Å². The molecule has 0 radical (unpaired) electrons. The van der Waals surface area contributed by atoms with Crippen LogP contribution in [0.4, 0.5) is 4.39 Å². The second-order valence-electron chi connectivity index (χ2n) is 4.76. The number of thiocarbonyl (C=S) groups is 1. The van der Waals surface area contributed by atoms with Gasteiger partial charge in [-0.1, -0.05) is 12.1 Å². The van der Waals surface area contributed by atoms with Gasteiger partial charge in [0, 0.05) is 0 Å². The zero-order valence-corrected chi connectivity index (χ0v) is 13.8. The number of rotatable bonds is 3. The van der Waals surface area contributed by atoms with Crippen LogP contribution in [-0.2, 0) is 9.59 Å². The lowest BCUT2D eigenvalue weighted by molar-refractivity contribution is -0.123. The highest BCUT2D eigenvalue weighted by Crippen LogP contribution is 2.23. The summed E-state index contributed by atoms with van der Waals surface area (Å²) in [5.74, 6) is -1.97. The molecular formula is C15H8ClFN4O3S. The van der Waals surface area contributed by atoms with Gasteiger partial charge in [0.2, 0.25) is 11.1 Å². The molecule has 2 aromatic rings. The van der Waals surface area contributed by atoms with Gasteiger partial charge < -0.3 is 4.74 Å². The van der Waals surface area contributed by atoms with Gasteiger partial charge in [0.25, 0.3) is 17.7 Å². The van der Waals surface area contributed by atoms with E-state index in [9.17, 15) is 14.0 Å². The Morgan fingerprint density at radius 2 is 1.80 bits per heavy atom. The van der Waals surface area contributed by atoms with E-state index in [0.29, 0.717) is 5.56 Å². The van der Waals surface area contributed by atoms with Crippen molar-refractivity contribution in [2.24, 2.45) is 0 Å². The van der Waals surface area contributed by atoms with E-state index in [-0.39, 0.29) is 27.6 Å². The average molecular weight is 379 g/mol. The maximum absolute atomic E-state index is 13.5. The van der Waals surface area contributed by atoms with Gasteiger partial charge in [-0.2, -0.15) is 9.37 Å². The Bertz CT molecular complexity index is 895. The highest BCUT2D eigenvalue weighted by atomic mass is 35.5. The summed E-state index contributed by atoms with van der Waals surface area (Å²) >= 11 is 10.3. The molecule has 0 aliphatic carbocycles. The molecule has 0 unspecified atom stereocenters. The van der Waals surface area contributed by atoms with Gasteiger partial charge in [0.15, 0.2) is 5.11 Å². The van der Waals surface area contributed by atoms with Crippen molar-refractivity contribution in [3.8, 4) is 11.6 Å². The van der Waals surface area contributed by atoms with E-state index in [1.54, 1.807) is 12.1 Å². The van der Waals surface area contributed by atoms with E-state index < -0.39 is 17.6 Å². The van der Waals surface area contributed by atoms with E-state index in [0.717, 1.165) is 6.20 Å². The van der Waals surface area contributed by atoms with Crippen molar-refractivity contribution in [3.05, 3.63) is 52.7 Å². The Balaban J connectivity index is 1.79. The van der Waals surface area contributed by atoms with Crippen LogP contribution in [0.2, 0.25) is 5.28 Å². The zero-order chi connectivity index (χ0) is 18.0. The summed E-state index contributed by atoms with van der Waals surface area (Å²) in [4.78, 5) is 30.7. The summed E-state index contributed by atoms with van der Waals surface area (Å²) in [7, 11) is 0. The third-order valence-electron chi connectivity index (χ3n) is 3.03. The van der Waals surface area contributed by atoms with E-state index in [1.165, 1.54) is 18.2 Å². The summed E-state index contributed by atoms with van der Waals surface area (Å²) in [5.41, 5.74) is 0.470. The molecule has 10 heteroatoms. The molecule has 126 valence electrons. The lowest BCUT2D eigenvalue weighted by atomic mass is 10.1. The largest absolute Gasteiger partial charge is 0.436 e. The molecule has 25 heavy (non-hydrogen) atoms. The Kier molecular flexibility index (Phi) is 4.68. The first kappa shape index (κ1) is 16.9. The predicted octanol–water partition coefficient (Wildman–Crippen LogP) is 1.98. The van der Waals surface area contributed by atoms with Crippen LogP contribution in [0.5, 0.6) is 11.6 Å². The van der Waals surface area contributed by atoms with Gasteiger partial charge in [-0.15, -0.1) is 0 Å². The summed E-state index contributed by atoms with van der Waals surface area (Å²) in [5, 5.41) is 4.48. The van der Waals surface area contributed by atoms with Crippen LogP contribution in [0, 0.1) is 5.82 Å². The third kappa shape index (κ3) is 3.95. The molecule has 2 amide bonds. The van der Waals surface area contributed by atoms with Crippen molar-refractivity contribution in [2.75, 3.05) is 0 Å². The second kappa shape index (κ2) is 6.91. The molecular weight excluding hydrogens is 371 g/mol. The number of aromatic nitrogens is 2. The number of benzene rings is 1. The van der Waals surface area contributed by atoms with Crippen molar-refractivity contribution in [1.29, 1.82) is 0 Å². The van der Waals surface area contributed by atoms with E-state index in [2.05, 4.69) is 20.6 Å². The maximum Gasteiger partial charge on any atom is 0.263 e. The minimum Gasteiger partial charge on any atom is -0.436 e. The Labute approximate surface area is 150 Å². The fourth-order valence-corrected chi connectivity index (χ4v) is 2.23. The molecule has 1 aliphatic heterocycles. The van der Waals surface area contributed by atoms with Crippen molar-refractivity contribution in [1.82, 2.24) is 20.6 Å². The molecule has 1 saturated heterocycles. The van der Waals surface area contributed by atoms with Crippen LogP contribution in [-0.4, -0.2) is 26.9 Å². The second-order valence-corrected chi connectivity index (χ2v) is 5.50. The fourth-order valence-electron chi connectivity index (χ4n) is 1.92. The number of nitrogens with zero attached hydrogens (tertiary/aromatic N) is 2. The van der Waals surface area contributed by atoms with Gasteiger partial charge in [0.05, 0.1) is 6.20 Å². The fraction of sp³-hybridized carbons (Fsp3) is 0. The van der Waals surface area contributed by atoms with Crippen molar-refractivity contribution in [2.45, 2.75) is 0 Å². The Morgan fingerprint density at radius 3 is 2.44 bits per heavy atom. The van der Waals surface area contributed by atoms with E-state index >= 15 is 0 Å². The average Bonchev–Trinajstić information content (AvgIpc) is 2.56. The molecule has 1 aromatic heterocycles. The summed E-state index contributed by atoms with van der Waals surface area (Å²) in [6, 6.07) is 6.20. The van der Waals surface area contributed by atoms with Gasteiger partial charge in [-0.05, 0) is 47.6 Å². The van der Waals surface area contributed by atoms with Gasteiger partial charge in [-0.3, -0.25) is 20.2 Å². The summed E-state index contributed by atoms with van der Waals surface area (Å²) in [6.45, 7) is 0. The number of hydrogen-bond donors (Lipinski definition) is 2. The molecule has 2 heterocycles. The number of carbonyl (C=O) groups is 2. The molecule has 0 saturated carbocycles. The smallest absolute Gasteiger partial charge is 0.263 e. The Morgan fingerprint density at radius 1 is 1.16 bits per heavy atom. The predicted molar refractivity (Wildman–Crippen MR) is 90.4 cm³/mol. The number of ether oxygens (including phenoxy) is 1.